The number of halogens is 3. The molecule has 112 valence electrons. The number of rotatable bonds is 2. The first-order valence-electron chi connectivity index (χ1n) is 6.07. The maximum Gasteiger partial charge on any atom is 0.416 e. The third-order valence-electron chi connectivity index (χ3n) is 3.04. The van der Waals surface area contributed by atoms with Gasteiger partial charge in [0.25, 0.3) is 5.69 Å². The molecule has 0 saturated heterocycles. The normalized spacial score (nSPS) is 11.8. The fraction of sp³-hybridized carbons (Fsp3) is 0.0714. The van der Waals surface area contributed by atoms with E-state index in [4.69, 9.17) is 0 Å². The minimum Gasteiger partial charge on any atom is -0.258 e. The smallest absolute Gasteiger partial charge is 0.258 e. The molecule has 0 aliphatic rings. The van der Waals surface area contributed by atoms with Crippen molar-refractivity contribution in [1.29, 1.82) is 0 Å². The molecule has 0 unspecified atom stereocenters. The number of hydrogen-bond acceptors (Lipinski definition) is 4. The highest BCUT2D eigenvalue weighted by Crippen LogP contribution is 2.35. The number of thiazole rings is 1. The van der Waals surface area contributed by atoms with Crippen LogP contribution in [0.1, 0.15) is 5.56 Å². The molecule has 0 radical (unpaired) electrons. The maximum absolute atomic E-state index is 12.7. The Balaban J connectivity index is 2.03. The molecular weight excluding hydrogens is 317 g/mol. The summed E-state index contributed by atoms with van der Waals surface area (Å²) < 4.78 is 38.5. The number of alkyl halides is 3. The third-order valence-corrected chi connectivity index (χ3v) is 4.11. The standard InChI is InChI=1S/C14H7F3N2O2S/c15-14(16,17)9-3-6-11-12(7-9)22-13(18-11)8-1-4-10(5-2-8)19(20)21/h1-7H. The van der Waals surface area contributed by atoms with Crippen molar-refractivity contribution in [2.45, 2.75) is 6.18 Å². The van der Waals surface area contributed by atoms with Gasteiger partial charge < -0.3 is 0 Å². The van der Waals surface area contributed by atoms with Gasteiger partial charge in [-0.05, 0) is 30.3 Å². The van der Waals surface area contributed by atoms with Crippen LogP contribution in [0.15, 0.2) is 42.5 Å². The topological polar surface area (TPSA) is 56.0 Å². The fourth-order valence-corrected chi connectivity index (χ4v) is 2.96. The minimum absolute atomic E-state index is 0.0516. The van der Waals surface area contributed by atoms with Gasteiger partial charge in [-0.3, -0.25) is 10.1 Å². The molecule has 0 saturated carbocycles. The van der Waals surface area contributed by atoms with Crippen molar-refractivity contribution in [3.63, 3.8) is 0 Å². The van der Waals surface area contributed by atoms with E-state index >= 15 is 0 Å². The summed E-state index contributed by atoms with van der Waals surface area (Å²) in [5, 5.41) is 11.1. The lowest BCUT2D eigenvalue weighted by Gasteiger charge is -2.04. The highest BCUT2D eigenvalue weighted by Gasteiger charge is 2.30. The second-order valence-electron chi connectivity index (χ2n) is 4.50. The van der Waals surface area contributed by atoms with Gasteiger partial charge in [0.2, 0.25) is 0 Å². The van der Waals surface area contributed by atoms with Crippen LogP contribution in [0, 0.1) is 10.1 Å². The summed E-state index contributed by atoms with van der Waals surface area (Å²) in [6.07, 6.45) is -4.40. The van der Waals surface area contributed by atoms with Crippen LogP contribution in [0.4, 0.5) is 18.9 Å². The van der Waals surface area contributed by atoms with E-state index in [2.05, 4.69) is 4.98 Å². The number of fused-ring (bicyclic) bond motifs is 1. The molecule has 2 aromatic carbocycles. The Labute approximate surface area is 126 Å². The Kier molecular flexibility index (Phi) is 3.32. The molecule has 22 heavy (non-hydrogen) atoms. The van der Waals surface area contributed by atoms with Crippen molar-refractivity contribution in [3.05, 3.63) is 58.1 Å². The van der Waals surface area contributed by atoms with E-state index in [1.807, 2.05) is 0 Å². The zero-order chi connectivity index (χ0) is 15.9. The molecule has 3 rings (SSSR count). The average molecular weight is 324 g/mol. The summed E-state index contributed by atoms with van der Waals surface area (Å²) >= 11 is 1.11. The van der Waals surface area contributed by atoms with Gasteiger partial charge in [0.1, 0.15) is 5.01 Å². The second kappa shape index (κ2) is 5.06. The SMILES string of the molecule is O=[N+]([O-])c1ccc(-c2nc3ccc(C(F)(F)F)cc3s2)cc1. The molecule has 0 bridgehead atoms. The molecule has 0 aliphatic carbocycles. The number of nitrogens with zero attached hydrogens (tertiary/aromatic N) is 2. The first kappa shape index (κ1) is 14.5. The van der Waals surface area contributed by atoms with E-state index in [0.29, 0.717) is 20.8 Å². The summed E-state index contributed by atoms with van der Waals surface area (Å²) in [4.78, 5) is 14.4. The van der Waals surface area contributed by atoms with Gasteiger partial charge in [0.15, 0.2) is 0 Å². The number of non-ortho nitro benzene ring substituents is 1. The Morgan fingerprint density at radius 3 is 2.36 bits per heavy atom. The molecule has 0 N–H and O–H groups in total. The molecule has 4 nitrogen and oxygen atoms in total. The van der Waals surface area contributed by atoms with Crippen molar-refractivity contribution < 1.29 is 18.1 Å². The van der Waals surface area contributed by atoms with Crippen LogP contribution in [-0.4, -0.2) is 9.91 Å². The highest BCUT2D eigenvalue weighted by molar-refractivity contribution is 7.21. The van der Waals surface area contributed by atoms with Crippen molar-refractivity contribution >= 4 is 27.2 Å². The van der Waals surface area contributed by atoms with Crippen LogP contribution in [0.2, 0.25) is 0 Å². The zero-order valence-corrected chi connectivity index (χ0v) is 11.6. The average Bonchev–Trinajstić information content (AvgIpc) is 2.89. The summed E-state index contributed by atoms with van der Waals surface area (Å²) in [5.41, 5.74) is 0.315. The first-order valence-corrected chi connectivity index (χ1v) is 6.89. The van der Waals surface area contributed by atoms with Crippen molar-refractivity contribution in [1.82, 2.24) is 4.98 Å². The lowest BCUT2D eigenvalue weighted by atomic mass is 10.2. The van der Waals surface area contributed by atoms with Crippen molar-refractivity contribution in [2.24, 2.45) is 0 Å². The van der Waals surface area contributed by atoms with E-state index in [-0.39, 0.29) is 5.69 Å². The van der Waals surface area contributed by atoms with Crippen LogP contribution in [0.25, 0.3) is 20.8 Å². The molecule has 3 aromatic rings. The number of nitro groups is 1. The number of hydrogen-bond donors (Lipinski definition) is 0. The number of benzene rings is 2. The minimum atomic E-state index is -4.40. The summed E-state index contributed by atoms with van der Waals surface area (Å²) in [5.74, 6) is 0. The monoisotopic (exact) mass is 324 g/mol. The van der Waals surface area contributed by atoms with Gasteiger partial charge in [0.05, 0.1) is 20.7 Å². The largest absolute Gasteiger partial charge is 0.416 e. The van der Waals surface area contributed by atoms with Gasteiger partial charge in [-0.2, -0.15) is 13.2 Å². The van der Waals surface area contributed by atoms with Gasteiger partial charge in [-0.15, -0.1) is 11.3 Å². The molecule has 0 aliphatic heterocycles. The van der Waals surface area contributed by atoms with Crippen molar-refractivity contribution in [2.75, 3.05) is 0 Å². The van der Waals surface area contributed by atoms with Crippen LogP contribution in [-0.2, 0) is 6.18 Å². The first-order chi connectivity index (χ1) is 10.3. The summed E-state index contributed by atoms with van der Waals surface area (Å²) in [7, 11) is 0. The lowest BCUT2D eigenvalue weighted by molar-refractivity contribution is -0.384. The second-order valence-corrected chi connectivity index (χ2v) is 5.53. The zero-order valence-electron chi connectivity index (χ0n) is 10.8. The van der Waals surface area contributed by atoms with Gasteiger partial charge in [-0.25, -0.2) is 4.98 Å². The van der Waals surface area contributed by atoms with Crippen LogP contribution in [0.3, 0.4) is 0 Å². The Morgan fingerprint density at radius 1 is 1.09 bits per heavy atom. The van der Waals surface area contributed by atoms with E-state index in [1.54, 1.807) is 0 Å². The lowest BCUT2D eigenvalue weighted by Crippen LogP contribution is -2.03. The molecule has 0 spiro atoms. The van der Waals surface area contributed by atoms with Gasteiger partial charge >= 0.3 is 6.18 Å². The third kappa shape index (κ3) is 2.64. The fourth-order valence-electron chi connectivity index (χ4n) is 1.95. The van der Waals surface area contributed by atoms with Gasteiger partial charge in [0, 0.05) is 17.7 Å². The summed E-state index contributed by atoms with van der Waals surface area (Å²) in [6, 6.07) is 9.10. The molecule has 8 heteroatoms. The number of nitro benzene ring substituents is 1. The van der Waals surface area contributed by atoms with Crippen LogP contribution >= 0.6 is 11.3 Å². The van der Waals surface area contributed by atoms with E-state index in [1.165, 1.54) is 30.3 Å². The molecule has 1 heterocycles. The predicted octanol–water partition coefficient (Wildman–Crippen LogP) is 4.89. The number of aromatic nitrogens is 1. The van der Waals surface area contributed by atoms with Crippen LogP contribution < -0.4 is 0 Å². The Bertz CT molecular complexity index is 857. The van der Waals surface area contributed by atoms with Gasteiger partial charge in [-0.1, -0.05) is 0 Å². The van der Waals surface area contributed by atoms with E-state index in [9.17, 15) is 23.3 Å². The van der Waals surface area contributed by atoms with E-state index in [0.717, 1.165) is 23.5 Å². The highest BCUT2D eigenvalue weighted by atomic mass is 32.1. The molecule has 0 atom stereocenters. The predicted molar refractivity (Wildman–Crippen MR) is 76.7 cm³/mol. The van der Waals surface area contributed by atoms with Crippen LogP contribution in [0.5, 0.6) is 0 Å². The van der Waals surface area contributed by atoms with Crippen molar-refractivity contribution in [3.8, 4) is 10.6 Å². The quantitative estimate of drug-likeness (QED) is 0.498. The summed E-state index contributed by atoms with van der Waals surface area (Å²) in [6.45, 7) is 0. The molecule has 0 fully saturated rings. The Morgan fingerprint density at radius 2 is 1.77 bits per heavy atom. The molecule has 0 amide bonds. The Hall–Kier alpha value is -2.48. The molecular formula is C14H7F3N2O2S. The maximum atomic E-state index is 12.7. The molecule has 1 aromatic heterocycles. The van der Waals surface area contributed by atoms with E-state index < -0.39 is 16.7 Å².